The van der Waals surface area contributed by atoms with E-state index in [0.717, 1.165) is 42.2 Å². The van der Waals surface area contributed by atoms with Gasteiger partial charge in [-0.1, -0.05) is 17.7 Å². The summed E-state index contributed by atoms with van der Waals surface area (Å²) in [4.78, 5) is 0. The number of aromatic nitrogens is 2. The molecule has 2 heterocycles. The summed E-state index contributed by atoms with van der Waals surface area (Å²) in [6.07, 6.45) is 3.71. The highest BCUT2D eigenvalue weighted by Gasteiger charge is 2.16. The largest absolute Gasteiger partial charge is 0.316 e. The Labute approximate surface area is 111 Å². The van der Waals surface area contributed by atoms with Crippen molar-refractivity contribution in [3.63, 3.8) is 0 Å². The smallest absolute Gasteiger partial charge is 0.0947 e. The first kappa shape index (κ1) is 11.6. The molecule has 0 aliphatic carbocycles. The number of nitrogens with zero attached hydrogens (tertiary/aromatic N) is 2. The third-order valence-corrected chi connectivity index (χ3v) is 3.63. The van der Waals surface area contributed by atoms with E-state index in [-0.39, 0.29) is 0 Å². The minimum atomic E-state index is 0.760. The van der Waals surface area contributed by atoms with Crippen molar-refractivity contribution in [2.24, 2.45) is 0 Å². The quantitative estimate of drug-likeness (QED) is 0.855. The summed E-state index contributed by atoms with van der Waals surface area (Å²) in [5.41, 5.74) is 4.59. The highest BCUT2D eigenvalue weighted by atomic mass is 35.5. The lowest BCUT2D eigenvalue weighted by Gasteiger charge is -2.13. The molecule has 2 aromatic rings. The lowest BCUT2D eigenvalue weighted by Crippen LogP contribution is -2.16. The lowest BCUT2D eigenvalue weighted by molar-refractivity contribution is 0.711. The third kappa shape index (κ3) is 2.11. The van der Waals surface area contributed by atoms with E-state index in [9.17, 15) is 0 Å². The van der Waals surface area contributed by atoms with Gasteiger partial charge in [-0.05, 0) is 55.3 Å². The van der Waals surface area contributed by atoms with Gasteiger partial charge in [-0.2, -0.15) is 10.2 Å². The van der Waals surface area contributed by atoms with E-state index in [1.165, 1.54) is 11.1 Å². The summed E-state index contributed by atoms with van der Waals surface area (Å²) in [6.45, 7) is 2.01. The molecule has 1 aromatic carbocycles. The first-order valence-corrected chi connectivity index (χ1v) is 6.53. The summed E-state index contributed by atoms with van der Waals surface area (Å²) < 4.78 is 0. The van der Waals surface area contributed by atoms with Gasteiger partial charge in [-0.15, -0.1) is 0 Å². The van der Waals surface area contributed by atoms with E-state index < -0.39 is 0 Å². The summed E-state index contributed by atoms with van der Waals surface area (Å²) in [5.74, 6) is 0. The van der Waals surface area contributed by atoms with Crippen LogP contribution < -0.4 is 5.32 Å². The molecule has 0 atom stereocenters. The van der Waals surface area contributed by atoms with Gasteiger partial charge in [0.1, 0.15) is 0 Å². The Bertz CT molecular complexity index is 554. The second kappa shape index (κ2) is 5.04. The van der Waals surface area contributed by atoms with Gasteiger partial charge in [0, 0.05) is 11.8 Å². The van der Waals surface area contributed by atoms with Crippen LogP contribution in [-0.2, 0) is 12.8 Å². The van der Waals surface area contributed by atoms with Crippen LogP contribution >= 0.6 is 11.6 Å². The normalized spacial score (nSPS) is 14.9. The zero-order valence-electron chi connectivity index (χ0n) is 9.99. The Hall–Kier alpha value is -1.45. The summed E-state index contributed by atoms with van der Waals surface area (Å²) in [7, 11) is 0. The van der Waals surface area contributed by atoms with Gasteiger partial charge in [0.15, 0.2) is 0 Å². The summed E-state index contributed by atoms with van der Waals surface area (Å²) in [6, 6.07) is 7.96. The van der Waals surface area contributed by atoms with Crippen molar-refractivity contribution >= 4 is 11.6 Å². The van der Waals surface area contributed by atoms with E-state index in [4.69, 9.17) is 11.6 Å². The molecule has 0 amide bonds. The molecular formula is C14H14ClN3. The average molecular weight is 260 g/mol. The van der Waals surface area contributed by atoms with Crippen LogP contribution in [0, 0.1) is 0 Å². The highest BCUT2D eigenvalue weighted by molar-refractivity contribution is 6.33. The minimum absolute atomic E-state index is 0.760. The van der Waals surface area contributed by atoms with Crippen molar-refractivity contribution in [2.75, 3.05) is 13.1 Å². The van der Waals surface area contributed by atoms with Crippen LogP contribution in [-0.4, -0.2) is 23.3 Å². The first-order chi connectivity index (χ1) is 8.86. The molecule has 0 saturated carbocycles. The van der Waals surface area contributed by atoms with Crippen molar-refractivity contribution < 1.29 is 0 Å². The van der Waals surface area contributed by atoms with E-state index >= 15 is 0 Å². The van der Waals surface area contributed by atoms with Gasteiger partial charge in [0.25, 0.3) is 0 Å². The fourth-order valence-corrected chi connectivity index (χ4v) is 2.73. The van der Waals surface area contributed by atoms with Crippen LogP contribution in [0.4, 0.5) is 0 Å². The number of halogens is 1. The van der Waals surface area contributed by atoms with Crippen molar-refractivity contribution in [1.29, 1.82) is 0 Å². The number of nitrogens with one attached hydrogen (secondary N) is 1. The van der Waals surface area contributed by atoms with Gasteiger partial charge >= 0.3 is 0 Å². The van der Waals surface area contributed by atoms with Gasteiger partial charge in [-0.25, -0.2) is 0 Å². The van der Waals surface area contributed by atoms with Crippen molar-refractivity contribution in [1.82, 2.24) is 15.5 Å². The van der Waals surface area contributed by atoms with E-state index in [1.807, 2.05) is 18.2 Å². The van der Waals surface area contributed by atoms with E-state index in [1.54, 1.807) is 6.20 Å². The molecule has 0 radical (unpaired) electrons. The van der Waals surface area contributed by atoms with Gasteiger partial charge in [0.2, 0.25) is 0 Å². The third-order valence-electron chi connectivity index (χ3n) is 3.31. The number of fused-ring (bicyclic) bond motifs is 1. The van der Waals surface area contributed by atoms with E-state index in [0.29, 0.717) is 0 Å². The van der Waals surface area contributed by atoms with Gasteiger partial charge in [0.05, 0.1) is 10.7 Å². The molecule has 1 aliphatic rings. The molecule has 3 nitrogen and oxygen atoms in total. The average Bonchev–Trinajstić information content (AvgIpc) is 2.65. The fourth-order valence-electron chi connectivity index (χ4n) is 2.46. The van der Waals surface area contributed by atoms with Gasteiger partial charge in [-0.3, -0.25) is 0 Å². The molecule has 4 heteroatoms. The minimum Gasteiger partial charge on any atom is -0.316 e. The maximum Gasteiger partial charge on any atom is 0.0947 e. The van der Waals surface area contributed by atoms with Gasteiger partial charge < -0.3 is 5.32 Å². The first-order valence-electron chi connectivity index (χ1n) is 6.15. The second-order valence-electron chi connectivity index (χ2n) is 4.42. The molecular weight excluding hydrogens is 246 g/mol. The molecule has 1 aromatic heterocycles. The van der Waals surface area contributed by atoms with E-state index in [2.05, 4.69) is 21.6 Å². The maximum atomic E-state index is 6.36. The molecule has 0 fully saturated rings. The molecule has 92 valence electrons. The zero-order valence-corrected chi connectivity index (χ0v) is 10.7. The summed E-state index contributed by atoms with van der Waals surface area (Å²) >= 11 is 6.36. The number of hydrogen-bond acceptors (Lipinski definition) is 3. The van der Waals surface area contributed by atoms with Crippen molar-refractivity contribution in [3.8, 4) is 11.3 Å². The summed E-state index contributed by atoms with van der Waals surface area (Å²) in [5, 5.41) is 12.3. The SMILES string of the molecule is Clc1ccc2c(c1-c1cccnn1)CCNCC2. The number of benzene rings is 1. The lowest BCUT2D eigenvalue weighted by atomic mass is 9.95. The molecule has 0 saturated heterocycles. The van der Waals surface area contributed by atoms with Crippen LogP contribution in [0.2, 0.25) is 5.02 Å². The predicted octanol–water partition coefficient (Wildman–Crippen LogP) is 2.49. The monoisotopic (exact) mass is 259 g/mol. The van der Waals surface area contributed by atoms with Crippen LogP contribution in [0.1, 0.15) is 11.1 Å². The molecule has 0 bridgehead atoms. The van der Waals surface area contributed by atoms with Crippen LogP contribution in [0.15, 0.2) is 30.5 Å². The molecule has 1 N–H and O–H groups in total. The molecule has 1 aliphatic heterocycles. The topological polar surface area (TPSA) is 37.8 Å². The molecule has 18 heavy (non-hydrogen) atoms. The Kier molecular flexibility index (Phi) is 3.26. The number of rotatable bonds is 1. The van der Waals surface area contributed by atoms with Crippen LogP contribution in [0.25, 0.3) is 11.3 Å². The maximum absolute atomic E-state index is 6.36. The highest BCUT2D eigenvalue weighted by Crippen LogP contribution is 2.33. The predicted molar refractivity (Wildman–Crippen MR) is 72.8 cm³/mol. The molecule has 0 spiro atoms. The Morgan fingerprint density at radius 1 is 1.11 bits per heavy atom. The fraction of sp³-hybridized carbons (Fsp3) is 0.286. The molecule has 3 rings (SSSR count). The molecule has 0 unspecified atom stereocenters. The number of hydrogen-bond donors (Lipinski definition) is 1. The standard InChI is InChI=1S/C14H14ClN3/c15-12-4-3-10-5-8-16-9-6-11(10)14(12)13-2-1-7-17-18-13/h1-4,7,16H,5-6,8-9H2. The second-order valence-corrected chi connectivity index (χ2v) is 4.83. The van der Waals surface area contributed by atoms with Crippen molar-refractivity contribution in [3.05, 3.63) is 46.6 Å². The van der Waals surface area contributed by atoms with Crippen LogP contribution in [0.3, 0.4) is 0 Å². The zero-order chi connectivity index (χ0) is 12.4. The van der Waals surface area contributed by atoms with Crippen molar-refractivity contribution in [2.45, 2.75) is 12.8 Å². The Morgan fingerprint density at radius 2 is 2.00 bits per heavy atom. The Balaban J connectivity index is 2.19. The Morgan fingerprint density at radius 3 is 2.83 bits per heavy atom. The van der Waals surface area contributed by atoms with Crippen LogP contribution in [0.5, 0.6) is 0 Å².